The predicted octanol–water partition coefficient (Wildman–Crippen LogP) is 1.34. The first kappa shape index (κ1) is 15.8. The fourth-order valence-electron chi connectivity index (χ4n) is 2.19. The second-order valence-corrected chi connectivity index (χ2v) is 6.53. The van der Waals surface area contributed by atoms with Crippen molar-refractivity contribution >= 4 is 47.4 Å². The van der Waals surface area contributed by atoms with Crippen LogP contribution in [0.5, 0.6) is 0 Å². The zero-order valence-electron chi connectivity index (χ0n) is 11.9. The van der Waals surface area contributed by atoms with E-state index in [1.807, 2.05) is 0 Å². The van der Waals surface area contributed by atoms with Gasteiger partial charge in [-0.2, -0.15) is 8.84 Å². The van der Waals surface area contributed by atoms with Gasteiger partial charge in [-0.05, 0) is 27.7 Å². The SMILES string of the molecule is CC1(C)C(=O)N(Cl)C(=O)N1CN1C(=O)N(Cl)C(=O)C1(C)C. The summed E-state index contributed by atoms with van der Waals surface area (Å²) in [5.74, 6) is -1.21. The van der Waals surface area contributed by atoms with Gasteiger partial charge in [0.1, 0.15) is 17.7 Å². The molecule has 0 aromatic heterocycles. The van der Waals surface area contributed by atoms with Crippen LogP contribution in [0.15, 0.2) is 0 Å². The number of imide groups is 2. The molecule has 0 unspecified atom stereocenters. The molecule has 2 rings (SSSR count). The Balaban J connectivity index is 2.34. The topological polar surface area (TPSA) is 81.2 Å². The molecule has 0 bridgehead atoms. The van der Waals surface area contributed by atoms with E-state index < -0.39 is 35.0 Å². The quantitative estimate of drug-likeness (QED) is 0.562. The highest BCUT2D eigenvalue weighted by Gasteiger charge is 2.57. The van der Waals surface area contributed by atoms with Crippen molar-refractivity contribution in [1.29, 1.82) is 0 Å². The van der Waals surface area contributed by atoms with Gasteiger partial charge in [0.15, 0.2) is 0 Å². The van der Waals surface area contributed by atoms with Gasteiger partial charge in [-0.3, -0.25) is 19.4 Å². The van der Waals surface area contributed by atoms with E-state index in [9.17, 15) is 19.2 Å². The molecule has 8 nitrogen and oxygen atoms in total. The van der Waals surface area contributed by atoms with Crippen LogP contribution >= 0.6 is 23.6 Å². The van der Waals surface area contributed by atoms with E-state index in [0.717, 1.165) is 9.80 Å². The Labute approximate surface area is 131 Å². The van der Waals surface area contributed by atoms with Gasteiger partial charge < -0.3 is 0 Å². The van der Waals surface area contributed by atoms with Crippen molar-refractivity contribution in [2.45, 2.75) is 38.8 Å². The lowest BCUT2D eigenvalue weighted by Crippen LogP contribution is -2.55. The first-order valence-electron chi connectivity index (χ1n) is 6.08. The molecule has 2 heterocycles. The number of rotatable bonds is 2. The van der Waals surface area contributed by atoms with Gasteiger partial charge >= 0.3 is 12.1 Å². The highest BCUT2D eigenvalue weighted by molar-refractivity contribution is 6.34. The smallest absolute Gasteiger partial charge is 0.291 e. The van der Waals surface area contributed by atoms with Crippen molar-refractivity contribution in [2.24, 2.45) is 0 Å². The van der Waals surface area contributed by atoms with Gasteiger partial charge in [0, 0.05) is 23.6 Å². The molecule has 0 atom stereocenters. The highest BCUT2D eigenvalue weighted by Crippen LogP contribution is 2.34. The van der Waals surface area contributed by atoms with Crippen LogP contribution in [0.2, 0.25) is 0 Å². The summed E-state index contributed by atoms with van der Waals surface area (Å²) in [6, 6.07) is -1.51. The second-order valence-electron chi connectivity index (χ2n) is 5.85. The molecule has 0 spiro atoms. The molecule has 0 aliphatic carbocycles. The van der Waals surface area contributed by atoms with Crippen LogP contribution in [0.1, 0.15) is 27.7 Å². The number of nitrogens with zero attached hydrogens (tertiary/aromatic N) is 4. The maximum absolute atomic E-state index is 12.0. The molecule has 21 heavy (non-hydrogen) atoms. The Bertz CT molecular complexity index is 514. The Hall–Kier alpha value is -1.54. The van der Waals surface area contributed by atoms with Gasteiger partial charge in [-0.25, -0.2) is 9.59 Å². The molecular formula is C11H14Cl2N4O4. The van der Waals surface area contributed by atoms with Crippen molar-refractivity contribution in [3.63, 3.8) is 0 Å². The lowest BCUT2D eigenvalue weighted by Gasteiger charge is -2.35. The minimum absolute atomic E-state index is 0.276. The minimum Gasteiger partial charge on any atom is -0.291 e. The zero-order chi connectivity index (χ0) is 16.3. The summed E-state index contributed by atoms with van der Waals surface area (Å²) in [6.45, 7) is 5.74. The molecule has 0 N–H and O–H groups in total. The number of hydrogen-bond donors (Lipinski definition) is 0. The van der Waals surface area contributed by atoms with E-state index in [1.165, 1.54) is 27.7 Å². The van der Waals surface area contributed by atoms with Gasteiger partial charge in [-0.1, -0.05) is 0 Å². The molecular weight excluding hydrogens is 323 g/mol. The summed E-state index contributed by atoms with van der Waals surface area (Å²) in [5, 5.41) is 0. The number of amides is 6. The monoisotopic (exact) mass is 336 g/mol. The van der Waals surface area contributed by atoms with E-state index in [1.54, 1.807) is 0 Å². The van der Waals surface area contributed by atoms with Crippen LogP contribution in [-0.2, 0) is 9.59 Å². The van der Waals surface area contributed by atoms with E-state index in [-0.39, 0.29) is 6.67 Å². The molecule has 2 saturated heterocycles. The van der Waals surface area contributed by atoms with E-state index in [0.29, 0.717) is 8.84 Å². The van der Waals surface area contributed by atoms with E-state index in [4.69, 9.17) is 23.6 Å². The molecule has 2 aliphatic rings. The summed E-state index contributed by atoms with van der Waals surface area (Å²) in [4.78, 5) is 50.1. The van der Waals surface area contributed by atoms with Crippen LogP contribution in [0.3, 0.4) is 0 Å². The third-order valence-corrected chi connectivity index (χ3v) is 4.43. The fraction of sp³-hybridized carbons (Fsp3) is 0.636. The summed E-state index contributed by atoms with van der Waals surface area (Å²) < 4.78 is 0.932. The van der Waals surface area contributed by atoms with Crippen LogP contribution in [0.4, 0.5) is 9.59 Å². The largest absolute Gasteiger partial charge is 0.344 e. The van der Waals surface area contributed by atoms with Crippen molar-refractivity contribution in [2.75, 3.05) is 6.67 Å². The zero-order valence-corrected chi connectivity index (χ0v) is 13.4. The molecule has 0 aromatic carbocycles. The van der Waals surface area contributed by atoms with Crippen LogP contribution in [0, 0.1) is 0 Å². The average molecular weight is 337 g/mol. The molecule has 2 aliphatic heterocycles. The summed E-state index contributed by atoms with van der Waals surface area (Å²) in [5.41, 5.74) is -2.45. The van der Waals surface area contributed by atoms with E-state index >= 15 is 0 Å². The third-order valence-electron chi connectivity index (χ3n) is 3.83. The van der Waals surface area contributed by atoms with Gasteiger partial charge in [0.25, 0.3) is 11.8 Å². The Morgan fingerprint density at radius 2 is 1.05 bits per heavy atom. The Morgan fingerprint density at radius 3 is 1.24 bits per heavy atom. The fourth-order valence-corrected chi connectivity index (χ4v) is 2.79. The predicted molar refractivity (Wildman–Crippen MR) is 72.9 cm³/mol. The first-order valence-corrected chi connectivity index (χ1v) is 6.75. The lowest BCUT2D eigenvalue weighted by atomic mass is 10.0. The second kappa shape index (κ2) is 4.48. The van der Waals surface area contributed by atoms with Gasteiger partial charge in [-0.15, -0.1) is 0 Å². The molecule has 0 radical (unpaired) electrons. The van der Waals surface area contributed by atoms with Crippen molar-refractivity contribution in [3.05, 3.63) is 0 Å². The first-order chi connectivity index (χ1) is 9.44. The molecule has 6 amide bonds. The molecule has 0 aromatic rings. The number of carbonyl (C=O) groups is 4. The van der Waals surface area contributed by atoms with Crippen molar-refractivity contribution < 1.29 is 19.2 Å². The number of urea groups is 2. The third kappa shape index (κ3) is 1.96. The summed E-state index contributed by atoms with van der Waals surface area (Å²) >= 11 is 11.3. The Morgan fingerprint density at radius 1 is 0.762 bits per heavy atom. The van der Waals surface area contributed by atoms with Crippen molar-refractivity contribution in [1.82, 2.24) is 18.6 Å². The molecule has 10 heteroatoms. The molecule has 0 saturated carbocycles. The van der Waals surface area contributed by atoms with Crippen molar-refractivity contribution in [3.8, 4) is 0 Å². The number of carbonyl (C=O) groups excluding carboxylic acids is 4. The normalized spacial score (nSPS) is 24.7. The molecule has 116 valence electrons. The number of halogens is 2. The van der Waals surface area contributed by atoms with Crippen LogP contribution < -0.4 is 0 Å². The number of hydrogen-bond acceptors (Lipinski definition) is 4. The standard InChI is InChI=1S/C11H14Cl2N4O4/c1-10(2)6(18)16(12)8(20)14(10)5-15-9(21)17(13)7(19)11(15,3)4/h5H2,1-4H3. The average Bonchev–Trinajstić information content (AvgIpc) is 2.63. The molecule has 2 fully saturated rings. The lowest BCUT2D eigenvalue weighted by molar-refractivity contribution is -0.130. The maximum atomic E-state index is 12.0. The van der Waals surface area contributed by atoms with Crippen LogP contribution in [-0.4, -0.2) is 60.3 Å². The van der Waals surface area contributed by atoms with Crippen LogP contribution in [0.25, 0.3) is 0 Å². The van der Waals surface area contributed by atoms with Gasteiger partial charge in [0.05, 0.1) is 0 Å². The maximum Gasteiger partial charge on any atom is 0.344 e. The minimum atomic E-state index is -1.22. The summed E-state index contributed by atoms with van der Waals surface area (Å²) in [7, 11) is 0. The van der Waals surface area contributed by atoms with Gasteiger partial charge in [0.2, 0.25) is 0 Å². The highest BCUT2D eigenvalue weighted by atomic mass is 35.5. The van der Waals surface area contributed by atoms with E-state index in [2.05, 4.69) is 0 Å². The Kier molecular flexibility index (Phi) is 3.38. The summed E-state index contributed by atoms with van der Waals surface area (Å²) in [6.07, 6.45) is 0.